The topological polar surface area (TPSA) is 116 Å². The standard InChI is InChI=1S/C14H25NO6S/c1-8(17)5-3-4-6-22-14-11(15-9(2)18)13(20)12(19)10(7-16)21-14/h10-14,16,19-20H,3-7H2,1-2H3,(H,15,18). The highest BCUT2D eigenvalue weighted by Gasteiger charge is 2.44. The lowest BCUT2D eigenvalue weighted by molar-refractivity contribution is -0.173. The highest BCUT2D eigenvalue weighted by molar-refractivity contribution is 7.99. The van der Waals surface area contributed by atoms with Crippen molar-refractivity contribution in [3.8, 4) is 0 Å². The number of aliphatic hydroxyl groups is 3. The van der Waals surface area contributed by atoms with E-state index in [2.05, 4.69) is 5.32 Å². The van der Waals surface area contributed by atoms with Crippen molar-refractivity contribution in [1.29, 1.82) is 0 Å². The number of amides is 1. The van der Waals surface area contributed by atoms with Gasteiger partial charge in [-0.25, -0.2) is 0 Å². The molecule has 7 nitrogen and oxygen atoms in total. The number of carbonyl (C=O) groups excluding carboxylic acids is 2. The van der Waals surface area contributed by atoms with Crippen LogP contribution in [-0.4, -0.2) is 69.2 Å². The first-order chi connectivity index (χ1) is 10.4. The summed E-state index contributed by atoms with van der Waals surface area (Å²) >= 11 is 1.39. The van der Waals surface area contributed by atoms with Gasteiger partial charge in [-0.2, -0.15) is 0 Å². The molecule has 128 valence electrons. The van der Waals surface area contributed by atoms with E-state index in [1.165, 1.54) is 18.7 Å². The maximum absolute atomic E-state index is 11.3. The number of hydrogen-bond donors (Lipinski definition) is 4. The molecule has 1 rings (SSSR count). The molecule has 1 amide bonds. The van der Waals surface area contributed by atoms with E-state index in [1.807, 2.05) is 0 Å². The molecule has 0 radical (unpaired) electrons. The summed E-state index contributed by atoms with van der Waals surface area (Å²) in [4.78, 5) is 22.1. The van der Waals surface area contributed by atoms with Crippen LogP contribution in [0.4, 0.5) is 0 Å². The minimum Gasteiger partial charge on any atom is -0.394 e. The molecule has 5 atom stereocenters. The Hall–Kier alpha value is -0.670. The molecule has 1 heterocycles. The van der Waals surface area contributed by atoms with Crippen LogP contribution < -0.4 is 5.32 Å². The Balaban J connectivity index is 2.57. The van der Waals surface area contributed by atoms with Gasteiger partial charge in [-0.1, -0.05) is 0 Å². The largest absolute Gasteiger partial charge is 0.394 e. The molecule has 1 saturated heterocycles. The average molecular weight is 335 g/mol. The van der Waals surface area contributed by atoms with Crippen LogP contribution in [0, 0.1) is 0 Å². The van der Waals surface area contributed by atoms with Crippen LogP contribution in [0.1, 0.15) is 33.1 Å². The summed E-state index contributed by atoms with van der Waals surface area (Å²) in [5.74, 6) is 0.507. The molecule has 1 aliphatic rings. The fourth-order valence-corrected chi connectivity index (χ4v) is 3.55. The zero-order chi connectivity index (χ0) is 16.7. The number of nitrogens with one attached hydrogen (secondary N) is 1. The Morgan fingerprint density at radius 1 is 1.18 bits per heavy atom. The Morgan fingerprint density at radius 3 is 2.41 bits per heavy atom. The first kappa shape index (κ1) is 19.4. The number of thioether (sulfide) groups is 1. The number of ether oxygens (including phenoxy) is 1. The van der Waals surface area contributed by atoms with Crippen LogP contribution in [0.2, 0.25) is 0 Å². The second-order valence-corrected chi connectivity index (χ2v) is 6.67. The van der Waals surface area contributed by atoms with Gasteiger partial charge >= 0.3 is 0 Å². The van der Waals surface area contributed by atoms with Crippen molar-refractivity contribution in [2.45, 2.75) is 62.9 Å². The minimum atomic E-state index is -1.25. The van der Waals surface area contributed by atoms with E-state index in [0.29, 0.717) is 12.2 Å². The van der Waals surface area contributed by atoms with Gasteiger partial charge in [0.1, 0.15) is 29.5 Å². The second-order valence-electron chi connectivity index (χ2n) is 5.46. The molecular formula is C14H25NO6S. The van der Waals surface area contributed by atoms with E-state index in [1.54, 1.807) is 6.92 Å². The fourth-order valence-electron chi connectivity index (χ4n) is 2.29. The lowest BCUT2D eigenvalue weighted by Gasteiger charge is -2.42. The SMILES string of the molecule is CC(=O)CCCCSC1OC(CO)C(O)C(O)C1NC(C)=O. The summed E-state index contributed by atoms with van der Waals surface area (Å²) in [6, 6.07) is -0.742. The maximum Gasteiger partial charge on any atom is 0.217 e. The minimum absolute atomic E-state index is 0.147. The normalized spacial score (nSPS) is 31.8. The van der Waals surface area contributed by atoms with Crippen molar-refractivity contribution in [1.82, 2.24) is 5.32 Å². The molecule has 4 N–H and O–H groups in total. The van der Waals surface area contributed by atoms with Gasteiger partial charge in [0.05, 0.1) is 12.6 Å². The number of hydrogen-bond acceptors (Lipinski definition) is 7. The van der Waals surface area contributed by atoms with Crippen LogP contribution in [0.5, 0.6) is 0 Å². The monoisotopic (exact) mass is 335 g/mol. The quantitative estimate of drug-likeness (QED) is 0.439. The van der Waals surface area contributed by atoms with Crippen molar-refractivity contribution >= 4 is 23.5 Å². The van der Waals surface area contributed by atoms with E-state index < -0.39 is 36.4 Å². The first-order valence-corrected chi connectivity index (χ1v) is 8.42. The predicted octanol–water partition coefficient (Wildman–Crippen LogP) is -0.577. The van der Waals surface area contributed by atoms with Crippen molar-refractivity contribution in [3.63, 3.8) is 0 Å². The van der Waals surface area contributed by atoms with E-state index >= 15 is 0 Å². The molecule has 0 spiro atoms. The van der Waals surface area contributed by atoms with Crippen LogP contribution in [0.15, 0.2) is 0 Å². The van der Waals surface area contributed by atoms with Crippen LogP contribution >= 0.6 is 11.8 Å². The van der Waals surface area contributed by atoms with Gasteiger partial charge in [0.2, 0.25) is 5.91 Å². The van der Waals surface area contributed by atoms with Crippen molar-refractivity contribution in [3.05, 3.63) is 0 Å². The summed E-state index contributed by atoms with van der Waals surface area (Å²) in [5, 5.41) is 31.8. The summed E-state index contributed by atoms with van der Waals surface area (Å²) in [6.07, 6.45) is -1.23. The lowest BCUT2D eigenvalue weighted by Crippen LogP contribution is -2.63. The molecule has 22 heavy (non-hydrogen) atoms. The van der Waals surface area contributed by atoms with Gasteiger partial charge in [0, 0.05) is 13.3 Å². The molecule has 1 aliphatic heterocycles. The van der Waals surface area contributed by atoms with Crippen LogP contribution in [-0.2, 0) is 14.3 Å². The highest BCUT2D eigenvalue weighted by Crippen LogP contribution is 2.29. The predicted molar refractivity (Wildman–Crippen MR) is 82.4 cm³/mol. The zero-order valence-corrected chi connectivity index (χ0v) is 13.7. The molecule has 0 saturated carbocycles. The highest BCUT2D eigenvalue weighted by atomic mass is 32.2. The number of carbonyl (C=O) groups is 2. The van der Waals surface area contributed by atoms with E-state index in [0.717, 1.165) is 12.8 Å². The van der Waals surface area contributed by atoms with Crippen LogP contribution in [0.25, 0.3) is 0 Å². The summed E-state index contributed by atoms with van der Waals surface area (Å²) < 4.78 is 5.58. The van der Waals surface area contributed by atoms with Gasteiger partial charge in [-0.15, -0.1) is 11.8 Å². The Bertz CT molecular complexity index is 380. The number of ketones is 1. The summed E-state index contributed by atoms with van der Waals surface area (Å²) in [5.41, 5.74) is -0.559. The van der Waals surface area contributed by atoms with E-state index in [9.17, 15) is 24.9 Å². The van der Waals surface area contributed by atoms with Gasteiger partial charge in [-0.05, 0) is 25.5 Å². The number of aliphatic hydroxyl groups excluding tert-OH is 3. The van der Waals surface area contributed by atoms with Gasteiger partial charge < -0.3 is 30.2 Å². The van der Waals surface area contributed by atoms with Crippen molar-refractivity contribution < 1.29 is 29.6 Å². The smallest absolute Gasteiger partial charge is 0.217 e. The Labute approximate surface area is 134 Å². The van der Waals surface area contributed by atoms with Crippen LogP contribution in [0.3, 0.4) is 0 Å². The van der Waals surface area contributed by atoms with Crippen molar-refractivity contribution in [2.75, 3.05) is 12.4 Å². The average Bonchev–Trinajstić information content (AvgIpc) is 2.45. The van der Waals surface area contributed by atoms with Gasteiger partial charge in [0.25, 0.3) is 0 Å². The van der Waals surface area contributed by atoms with E-state index in [4.69, 9.17) is 4.74 Å². The molecule has 1 fully saturated rings. The molecule has 0 bridgehead atoms. The number of rotatable bonds is 8. The van der Waals surface area contributed by atoms with E-state index in [-0.39, 0.29) is 11.7 Å². The first-order valence-electron chi connectivity index (χ1n) is 7.37. The van der Waals surface area contributed by atoms with Gasteiger partial charge in [-0.3, -0.25) is 4.79 Å². The lowest BCUT2D eigenvalue weighted by atomic mass is 9.98. The third-order valence-corrected chi connectivity index (χ3v) is 4.71. The molecule has 0 aromatic heterocycles. The summed E-state index contributed by atoms with van der Waals surface area (Å²) in [6.45, 7) is 2.46. The number of Topliss-reactive ketones (excluding diaryl/α,β-unsaturated/α-hetero) is 1. The van der Waals surface area contributed by atoms with Gasteiger partial charge in [0.15, 0.2) is 0 Å². The second kappa shape index (κ2) is 9.46. The number of unbranched alkanes of at least 4 members (excludes halogenated alkanes) is 1. The fraction of sp³-hybridized carbons (Fsp3) is 0.857. The molecule has 5 unspecified atom stereocenters. The molecule has 0 aliphatic carbocycles. The Kier molecular flexibility index (Phi) is 8.34. The molecular weight excluding hydrogens is 310 g/mol. The molecule has 0 aromatic carbocycles. The third kappa shape index (κ3) is 5.85. The molecule has 8 heteroatoms. The summed E-state index contributed by atoms with van der Waals surface area (Å²) in [7, 11) is 0. The zero-order valence-electron chi connectivity index (χ0n) is 12.9. The third-order valence-electron chi connectivity index (χ3n) is 3.46. The Morgan fingerprint density at radius 2 is 1.86 bits per heavy atom. The molecule has 0 aromatic rings. The van der Waals surface area contributed by atoms with Crippen molar-refractivity contribution in [2.24, 2.45) is 0 Å². The maximum atomic E-state index is 11.3.